The van der Waals surface area contributed by atoms with E-state index in [1.807, 2.05) is 0 Å². The van der Waals surface area contributed by atoms with E-state index in [9.17, 15) is 0 Å². The minimum absolute atomic E-state index is 1.03. The molecule has 1 nitrogen and oxygen atoms in total. The van der Waals surface area contributed by atoms with Crippen LogP contribution in [0.2, 0.25) is 0 Å². The van der Waals surface area contributed by atoms with Crippen LogP contribution in [-0.2, 0) is 0 Å². The fraction of sp³-hybridized carbons (Fsp3) is 1.00. The maximum absolute atomic E-state index is 4.28. The Morgan fingerprint density at radius 2 is 1.25 bits per heavy atom. The summed E-state index contributed by atoms with van der Waals surface area (Å²) in [4.78, 5) is 0. The van der Waals surface area contributed by atoms with Gasteiger partial charge in [-0.2, -0.15) is 12.6 Å². The number of hydrogen-bond acceptors (Lipinski definition) is 1. The quantitative estimate of drug-likeness (QED) is 0.316. The molecule has 2 heteroatoms. The fourth-order valence-corrected chi connectivity index (χ4v) is 2.25. The lowest BCUT2D eigenvalue weighted by molar-refractivity contribution is -0.890. The Hall–Kier alpha value is 0.310. The van der Waals surface area contributed by atoms with Crippen molar-refractivity contribution in [1.29, 1.82) is 0 Å². The van der Waals surface area contributed by atoms with Crippen LogP contribution in [0.4, 0.5) is 0 Å². The second-order valence-electron chi connectivity index (χ2n) is 5.58. The third kappa shape index (κ3) is 10.8. The van der Waals surface area contributed by atoms with Gasteiger partial charge in [0.2, 0.25) is 0 Å². The van der Waals surface area contributed by atoms with Crippen molar-refractivity contribution < 1.29 is 4.48 Å². The number of hydrogen-bond donors (Lipinski definition) is 1. The topological polar surface area (TPSA) is 0 Å². The molecule has 0 saturated carbocycles. The van der Waals surface area contributed by atoms with Crippen molar-refractivity contribution in [1.82, 2.24) is 0 Å². The number of rotatable bonds is 11. The van der Waals surface area contributed by atoms with Crippen molar-refractivity contribution in [2.75, 3.05) is 32.9 Å². The Morgan fingerprint density at radius 3 is 1.81 bits per heavy atom. The maximum Gasteiger partial charge on any atom is 0.0790 e. The van der Waals surface area contributed by atoms with Crippen LogP contribution in [-0.4, -0.2) is 37.4 Å². The molecule has 0 bridgehead atoms. The molecular weight excluding hydrogens is 214 g/mol. The molecule has 0 unspecified atom stereocenters. The second kappa shape index (κ2) is 10.5. The summed E-state index contributed by atoms with van der Waals surface area (Å²) in [7, 11) is 4.70. The van der Waals surface area contributed by atoms with Gasteiger partial charge >= 0.3 is 0 Å². The Balaban J connectivity index is 3.29. The van der Waals surface area contributed by atoms with Crippen molar-refractivity contribution in [3.63, 3.8) is 0 Å². The molecule has 0 heterocycles. The van der Waals surface area contributed by atoms with Crippen LogP contribution in [0.5, 0.6) is 0 Å². The number of unbranched alkanes of at least 4 members (excludes halogenated alkanes) is 6. The minimum Gasteiger partial charge on any atom is -0.328 e. The Kier molecular flexibility index (Phi) is 10.7. The van der Waals surface area contributed by atoms with Gasteiger partial charge in [-0.3, -0.25) is 0 Å². The van der Waals surface area contributed by atoms with Crippen molar-refractivity contribution in [2.45, 2.75) is 58.3 Å². The van der Waals surface area contributed by atoms with Crippen molar-refractivity contribution in [3.05, 3.63) is 0 Å². The van der Waals surface area contributed by atoms with E-state index >= 15 is 0 Å². The first-order valence-electron chi connectivity index (χ1n) is 7.05. The fourth-order valence-electron chi connectivity index (χ4n) is 2.11. The summed E-state index contributed by atoms with van der Waals surface area (Å²) < 4.78 is 1.18. The lowest BCUT2D eigenvalue weighted by atomic mass is 10.1. The molecule has 0 aliphatic heterocycles. The Bertz CT molecular complexity index is 146. The summed E-state index contributed by atoms with van der Waals surface area (Å²) in [5.41, 5.74) is 0. The number of nitrogens with zero attached hydrogens (tertiary/aromatic N) is 1. The third-order valence-electron chi connectivity index (χ3n) is 3.29. The van der Waals surface area contributed by atoms with Crippen LogP contribution in [0.1, 0.15) is 58.3 Å². The standard InChI is InChI=1S/C14H31NS/c1-4-5-6-7-8-9-10-12-15(2,3)13-11-14-16/h4-14H2,1-3H3/p+1. The zero-order valence-corrected chi connectivity index (χ0v) is 12.6. The predicted molar refractivity (Wildman–Crippen MR) is 78.3 cm³/mol. The van der Waals surface area contributed by atoms with Crippen LogP contribution in [0.15, 0.2) is 0 Å². The maximum atomic E-state index is 4.28. The van der Waals surface area contributed by atoms with Crippen LogP contribution >= 0.6 is 12.6 Å². The molecule has 0 spiro atoms. The van der Waals surface area contributed by atoms with Gasteiger partial charge in [0.15, 0.2) is 0 Å². The second-order valence-corrected chi connectivity index (χ2v) is 6.03. The summed E-state index contributed by atoms with van der Waals surface area (Å²) in [5, 5.41) is 0. The highest BCUT2D eigenvalue weighted by molar-refractivity contribution is 7.80. The molecule has 0 atom stereocenters. The molecule has 0 saturated heterocycles. The molecule has 16 heavy (non-hydrogen) atoms. The van der Waals surface area contributed by atoms with Gasteiger partial charge in [-0.1, -0.05) is 39.0 Å². The average molecular weight is 246 g/mol. The summed E-state index contributed by atoms with van der Waals surface area (Å²) in [5.74, 6) is 1.03. The van der Waals surface area contributed by atoms with Crippen LogP contribution in [0.3, 0.4) is 0 Å². The molecular formula is C14H32NS+. The van der Waals surface area contributed by atoms with E-state index in [-0.39, 0.29) is 0 Å². The lowest BCUT2D eigenvalue weighted by Crippen LogP contribution is -2.41. The number of quaternary nitrogens is 1. The van der Waals surface area contributed by atoms with Gasteiger partial charge in [-0.15, -0.1) is 0 Å². The first-order chi connectivity index (χ1) is 7.62. The van der Waals surface area contributed by atoms with Gasteiger partial charge in [0.1, 0.15) is 0 Å². The zero-order chi connectivity index (χ0) is 12.3. The van der Waals surface area contributed by atoms with Gasteiger partial charge in [-0.05, 0) is 18.6 Å². The molecule has 0 aromatic carbocycles. The highest BCUT2D eigenvalue weighted by Crippen LogP contribution is 2.09. The number of thiol groups is 1. The largest absolute Gasteiger partial charge is 0.328 e. The van der Waals surface area contributed by atoms with Gasteiger partial charge in [0.05, 0.1) is 27.2 Å². The minimum atomic E-state index is 1.03. The van der Waals surface area contributed by atoms with E-state index in [1.54, 1.807) is 0 Å². The smallest absolute Gasteiger partial charge is 0.0790 e. The summed E-state index contributed by atoms with van der Waals surface area (Å²) in [6, 6.07) is 0. The molecule has 0 radical (unpaired) electrons. The molecule has 0 amide bonds. The predicted octanol–water partition coefficient (Wildman–Crippen LogP) is 4.13. The molecule has 0 fully saturated rings. The lowest BCUT2D eigenvalue weighted by Gasteiger charge is -2.29. The van der Waals surface area contributed by atoms with Gasteiger partial charge in [-0.25, -0.2) is 0 Å². The Labute approximate surface area is 109 Å². The van der Waals surface area contributed by atoms with Crippen molar-refractivity contribution in [3.8, 4) is 0 Å². The highest BCUT2D eigenvalue weighted by Gasteiger charge is 2.12. The monoisotopic (exact) mass is 246 g/mol. The summed E-state index contributed by atoms with van der Waals surface area (Å²) in [6.45, 7) is 4.89. The molecule has 0 rings (SSSR count). The first kappa shape index (κ1) is 16.3. The molecule has 98 valence electrons. The van der Waals surface area contributed by atoms with Crippen LogP contribution in [0.25, 0.3) is 0 Å². The molecule has 0 aromatic rings. The van der Waals surface area contributed by atoms with Gasteiger partial charge in [0, 0.05) is 6.42 Å². The van der Waals surface area contributed by atoms with E-state index in [0.29, 0.717) is 0 Å². The molecule has 0 aliphatic carbocycles. The molecule has 0 aliphatic rings. The van der Waals surface area contributed by atoms with Crippen molar-refractivity contribution in [2.24, 2.45) is 0 Å². The van der Waals surface area contributed by atoms with E-state index in [4.69, 9.17) is 0 Å². The molecule has 0 N–H and O–H groups in total. The summed E-state index contributed by atoms with van der Waals surface area (Å²) in [6.07, 6.45) is 11.2. The molecule has 0 aromatic heterocycles. The zero-order valence-electron chi connectivity index (χ0n) is 11.7. The average Bonchev–Trinajstić information content (AvgIpc) is 2.25. The van der Waals surface area contributed by atoms with Gasteiger partial charge < -0.3 is 4.48 Å². The van der Waals surface area contributed by atoms with Gasteiger partial charge in [0.25, 0.3) is 0 Å². The Morgan fingerprint density at radius 1 is 0.750 bits per heavy atom. The summed E-state index contributed by atoms with van der Waals surface area (Å²) >= 11 is 4.28. The van der Waals surface area contributed by atoms with E-state index in [0.717, 1.165) is 5.75 Å². The van der Waals surface area contributed by atoms with Crippen LogP contribution in [0, 0.1) is 0 Å². The van der Waals surface area contributed by atoms with E-state index in [1.165, 1.54) is 68.9 Å². The third-order valence-corrected chi connectivity index (χ3v) is 3.60. The first-order valence-corrected chi connectivity index (χ1v) is 7.68. The normalized spacial score (nSPS) is 12.0. The SMILES string of the molecule is CCCCCCCCC[N+](C)(C)CCCS. The van der Waals surface area contributed by atoms with Crippen LogP contribution < -0.4 is 0 Å². The van der Waals surface area contributed by atoms with Crippen molar-refractivity contribution >= 4 is 12.6 Å². The highest BCUT2D eigenvalue weighted by atomic mass is 32.1. The van der Waals surface area contributed by atoms with E-state index < -0.39 is 0 Å². The van der Waals surface area contributed by atoms with E-state index in [2.05, 4.69) is 33.6 Å².